The first-order chi connectivity index (χ1) is 11.9. The summed E-state index contributed by atoms with van der Waals surface area (Å²) < 4.78 is 0. The highest BCUT2D eigenvalue weighted by Gasteiger charge is 2.29. The van der Waals surface area contributed by atoms with E-state index in [0.29, 0.717) is 5.69 Å². The Morgan fingerprint density at radius 2 is 1.56 bits per heavy atom. The summed E-state index contributed by atoms with van der Waals surface area (Å²) in [5.41, 5.74) is 1.15. The van der Waals surface area contributed by atoms with Crippen molar-refractivity contribution in [3.8, 4) is 0 Å². The van der Waals surface area contributed by atoms with Crippen molar-refractivity contribution in [3.05, 3.63) is 65.7 Å². The SMILES string of the molecule is CC(C)(NC(=O)Nc1ccccc1)C(=O)NCc1ccccc1CO. The zero-order valence-electron chi connectivity index (χ0n) is 14.4. The number of carbonyl (C=O) groups excluding carboxylic acids is 2. The molecule has 0 radical (unpaired) electrons. The van der Waals surface area contributed by atoms with Crippen molar-refractivity contribution < 1.29 is 14.7 Å². The fourth-order valence-electron chi connectivity index (χ4n) is 2.31. The van der Waals surface area contributed by atoms with E-state index in [9.17, 15) is 14.7 Å². The van der Waals surface area contributed by atoms with E-state index in [4.69, 9.17) is 0 Å². The van der Waals surface area contributed by atoms with E-state index in [1.807, 2.05) is 36.4 Å². The van der Waals surface area contributed by atoms with Crippen LogP contribution in [0.4, 0.5) is 10.5 Å². The van der Waals surface area contributed by atoms with E-state index in [-0.39, 0.29) is 19.1 Å². The van der Waals surface area contributed by atoms with E-state index < -0.39 is 11.6 Å². The van der Waals surface area contributed by atoms with Gasteiger partial charge in [-0.15, -0.1) is 0 Å². The minimum absolute atomic E-state index is 0.0901. The van der Waals surface area contributed by atoms with Gasteiger partial charge >= 0.3 is 6.03 Å². The number of para-hydroxylation sites is 1. The van der Waals surface area contributed by atoms with Crippen molar-refractivity contribution >= 4 is 17.6 Å². The Morgan fingerprint density at radius 3 is 2.20 bits per heavy atom. The van der Waals surface area contributed by atoms with Crippen molar-refractivity contribution in [2.24, 2.45) is 0 Å². The number of aliphatic hydroxyl groups excluding tert-OH is 1. The lowest BCUT2D eigenvalue weighted by atomic mass is 10.0. The van der Waals surface area contributed by atoms with Crippen LogP contribution in [0.1, 0.15) is 25.0 Å². The molecule has 2 aromatic carbocycles. The summed E-state index contributed by atoms with van der Waals surface area (Å²) in [6.07, 6.45) is 0. The second-order valence-electron chi connectivity index (χ2n) is 6.18. The number of anilines is 1. The highest BCUT2D eigenvalue weighted by atomic mass is 16.3. The van der Waals surface area contributed by atoms with Crippen LogP contribution in [0.25, 0.3) is 0 Å². The fraction of sp³-hybridized carbons (Fsp3) is 0.263. The first-order valence-electron chi connectivity index (χ1n) is 8.02. The molecule has 6 nitrogen and oxygen atoms in total. The maximum absolute atomic E-state index is 12.4. The van der Waals surface area contributed by atoms with Gasteiger partial charge in [0.25, 0.3) is 0 Å². The number of rotatable bonds is 6. The summed E-state index contributed by atoms with van der Waals surface area (Å²) in [5.74, 6) is -0.316. The molecule has 0 saturated carbocycles. The Bertz CT molecular complexity index is 730. The van der Waals surface area contributed by atoms with E-state index in [1.165, 1.54) is 0 Å². The molecular weight excluding hydrogens is 318 g/mol. The van der Waals surface area contributed by atoms with Gasteiger partial charge < -0.3 is 21.1 Å². The molecule has 0 aliphatic rings. The van der Waals surface area contributed by atoms with Crippen LogP contribution in [0.15, 0.2) is 54.6 Å². The molecule has 0 heterocycles. The predicted molar refractivity (Wildman–Crippen MR) is 96.9 cm³/mol. The van der Waals surface area contributed by atoms with Crippen LogP contribution in [0.2, 0.25) is 0 Å². The third-order valence-electron chi connectivity index (χ3n) is 3.75. The molecule has 25 heavy (non-hydrogen) atoms. The molecule has 0 aromatic heterocycles. The van der Waals surface area contributed by atoms with Gasteiger partial charge in [0.15, 0.2) is 0 Å². The largest absolute Gasteiger partial charge is 0.392 e. The first kappa shape index (κ1) is 18.5. The lowest BCUT2D eigenvalue weighted by Crippen LogP contribution is -2.55. The molecule has 0 fully saturated rings. The first-order valence-corrected chi connectivity index (χ1v) is 8.02. The number of hydrogen-bond donors (Lipinski definition) is 4. The lowest BCUT2D eigenvalue weighted by Gasteiger charge is -2.25. The number of urea groups is 1. The van der Waals surface area contributed by atoms with Gasteiger partial charge in [-0.1, -0.05) is 42.5 Å². The standard InChI is InChI=1S/C19H23N3O3/c1-19(2,22-18(25)21-16-10-4-3-5-11-16)17(24)20-12-14-8-6-7-9-15(14)13-23/h3-11,23H,12-13H2,1-2H3,(H,20,24)(H2,21,22,25). The fourth-order valence-corrected chi connectivity index (χ4v) is 2.31. The van der Waals surface area contributed by atoms with Crippen LogP contribution >= 0.6 is 0 Å². The number of nitrogens with one attached hydrogen (secondary N) is 3. The average molecular weight is 341 g/mol. The lowest BCUT2D eigenvalue weighted by molar-refractivity contribution is -0.126. The van der Waals surface area contributed by atoms with E-state index in [0.717, 1.165) is 11.1 Å². The molecule has 0 atom stereocenters. The Morgan fingerprint density at radius 1 is 0.960 bits per heavy atom. The molecule has 2 aromatic rings. The molecule has 0 spiro atoms. The highest BCUT2D eigenvalue weighted by Crippen LogP contribution is 2.10. The number of aliphatic hydroxyl groups is 1. The van der Waals surface area contributed by atoms with Crippen molar-refractivity contribution in [1.82, 2.24) is 10.6 Å². The second kappa shape index (κ2) is 8.30. The van der Waals surface area contributed by atoms with Gasteiger partial charge in [0, 0.05) is 12.2 Å². The van der Waals surface area contributed by atoms with E-state index in [1.54, 1.807) is 32.0 Å². The van der Waals surface area contributed by atoms with Gasteiger partial charge in [0.1, 0.15) is 5.54 Å². The average Bonchev–Trinajstić information content (AvgIpc) is 2.60. The van der Waals surface area contributed by atoms with E-state index in [2.05, 4.69) is 16.0 Å². The summed E-state index contributed by atoms with van der Waals surface area (Å²) in [7, 11) is 0. The molecule has 6 heteroatoms. The van der Waals surface area contributed by atoms with Crippen LogP contribution in [-0.2, 0) is 17.9 Å². The Labute approximate surface area is 147 Å². The predicted octanol–water partition coefficient (Wildman–Crippen LogP) is 2.40. The van der Waals surface area contributed by atoms with Gasteiger partial charge in [-0.05, 0) is 37.1 Å². The van der Waals surface area contributed by atoms with Crippen molar-refractivity contribution in [1.29, 1.82) is 0 Å². The molecule has 3 amide bonds. The topological polar surface area (TPSA) is 90.5 Å². The second-order valence-corrected chi connectivity index (χ2v) is 6.18. The number of carbonyl (C=O) groups is 2. The minimum Gasteiger partial charge on any atom is -0.392 e. The van der Waals surface area contributed by atoms with Gasteiger partial charge in [-0.3, -0.25) is 4.79 Å². The number of hydrogen-bond acceptors (Lipinski definition) is 3. The molecule has 0 aliphatic carbocycles. The molecule has 0 bridgehead atoms. The van der Waals surface area contributed by atoms with Crippen LogP contribution < -0.4 is 16.0 Å². The maximum atomic E-state index is 12.4. The Kier molecular flexibility index (Phi) is 6.14. The number of benzene rings is 2. The van der Waals surface area contributed by atoms with Crippen LogP contribution in [-0.4, -0.2) is 22.6 Å². The van der Waals surface area contributed by atoms with Gasteiger partial charge in [-0.2, -0.15) is 0 Å². The van der Waals surface area contributed by atoms with Gasteiger partial charge in [0.05, 0.1) is 6.61 Å². The zero-order chi connectivity index (χ0) is 18.3. The van der Waals surface area contributed by atoms with Gasteiger partial charge in [-0.25, -0.2) is 4.79 Å². The molecule has 2 rings (SSSR count). The normalized spacial score (nSPS) is 10.8. The van der Waals surface area contributed by atoms with Crippen LogP contribution in [0, 0.1) is 0 Å². The van der Waals surface area contributed by atoms with E-state index >= 15 is 0 Å². The van der Waals surface area contributed by atoms with Crippen molar-refractivity contribution in [3.63, 3.8) is 0 Å². The Balaban J connectivity index is 1.91. The zero-order valence-corrected chi connectivity index (χ0v) is 14.4. The summed E-state index contributed by atoms with van der Waals surface area (Å²) in [6, 6.07) is 15.9. The van der Waals surface area contributed by atoms with Crippen LogP contribution in [0.3, 0.4) is 0 Å². The maximum Gasteiger partial charge on any atom is 0.320 e. The highest BCUT2D eigenvalue weighted by molar-refractivity contribution is 5.95. The summed E-state index contributed by atoms with van der Waals surface area (Å²) >= 11 is 0. The molecule has 0 saturated heterocycles. The quantitative estimate of drug-likeness (QED) is 0.650. The van der Waals surface area contributed by atoms with Crippen molar-refractivity contribution in [2.45, 2.75) is 32.5 Å². The van der Waals surface area contributed by atoms with Gasteiger partial charge in [0.2, 0.25) is 5.91 Å². The summed E-state index contributed by atoms with van der Waals surface area (Å²) in [6.45, 7) is 3.45. The Hall–Kier alpha value is -2.86. The molecule has 4 N–H and O–H groups in total. The minimum atomic E-state index is -1.09. The summed E-state index contributed by atoms with van der Waals surface area (Å²) in [4.78, 5) is 24.5. The third kappa shape index (κ3) is 5.32. The molecule has 0 aliphatic heterocycles. The molecule has 0 unspecified atom stereocenters. The monoisotopic (exact) mass is 341 g/mol. The summed E-state index contributed by atoms with van der Waals surface area (Å²) in [5, 5.41) is 17.5. The third-order valence-corrected chi connectivity index (χ3v) is 3.75. The van der Waals surface area contributed by atoms with Crippen LogP contribution in [0.5, 0.6) is 0 Å². The smallest absolute Gasteiger partial charge is 0.320 e. The van der Waals surface area contributed by atoms with Crippen molar-refractivity contribution in [2.75, 3.05) is 5.32 Å². The number of amides is 3. The molecule has 132 valence electrons. The molecular formula is C19H23N3O3.